The van der Waals surface area contributed by atoms with Crippen LogP contribution in [0.15, 0.2) is 28.7 Å². The maximum atomic E-state index is 12.7. The first-order valence-electron chi connectivity index (χ1n) is 7.62. The molecular weight excluding hydrogens is 346 g/mol. The van der Waals surface area contributed by atoms with E-state index < -0.39 is 0 Å². The van der Waals surface area contributed by atoms with E-state index in [-0.39, 0.29) is 17.8 Å². The zero-order valence-corrected chi connectivity index (χ0v) is 15.1. The second-order valence-corrected chi connectivity index (χ2v) is 6.31. The van der Waals surface area contributed by atoms with Gasteiger partial charge < -0.3 is 9.64 Å². The van der Waals surface area contributed by atoms with E-state index in [4.69, 9.17) is 4.74 Å². The fourth-order valence-electron chi connectivity index (χ4n) is 2.21. The topological polar surface area (TPSA) is 46.6 Å². The van der Waals surface area contributed by atoms with Gasteiger partial charge in [-0.15, -0.1) is 0 Å². The molecule has 0 aromatic heterocycles. The van der Waals surface area contributed by atoms with Crippen LogP contribution in [0.1, 0.15) is 43.5 Å². The number of nitrogens with zero attached hydrogens (tertiary/aromatic N) is 1. The van der Waals surface area contributed by atoms with Crippen LogP contribution in [0, 0.1) is 5.92 Å². The lowest BCUT2D eigenvalue weighted by Gasteiger charge is -2.25. The van der Waals surface area contributed by atoms with Gasteiger partial charge in [-0.25, -0.2) is 0 Å². The Balaban J connectivity index is 2.81. The number of amides is 1. The molecule has 1 aromatic carbocycles. The Morgan fingerprint density at radius 1 is 1.23 bits per heavy atom. The summed E-state index contributed by atoms with van der Waals surface area (Å²) in [4.78, 5) is 26.0. The van der Waals surface area contributed by atoms with Crippen LogP contribution in [-0.4, -0.2) is 37.0 Å². The van der Waals surface area contributed by atoms with E-state index in [9.17, 15) is 9.59 Å². The van der Waals surface area contributed by atoms with Crippen molar-refractivity contribution in [1.29, 1.82) is 0 Å². The molecule has 1 unspecified atom stereocenters. The molecule has 22 heavy (non-hydrogen) atoms. The summed E-state index contributed by atoms with van der Waals surface area (Å²) in [7, 11) is 1.37. The van der Waals surface area contributed by atoms with Crippen molar-refractivity contribution in [3.8, 4) is 0 Å². The monoisotopic (exact) mass is 369 g/mol. The van der Waals surface area contributed by atoms with Crippen LogP contribution in [0.4, 0.5) is 0 Å². The average molecular weight is 370 g/mol. The van der Waals surface area contributed by atoms with Gasteiger partial charge in [0.25, 0.3) is 5.91 Å². The molecule has 122 valence electrons. The molecule has 0 aliphatic heterocycles. The van der Waals surface area contributed by atoms with Gasteiger partial charge in [0, 0.05) is 23.1 Å². The van der Waals surface area contributed by atoms with Gasteiger partial charge in [-0.3, -0.25) is 9.59 Å². The van der Waals surface area contributed by atoms with Crippen LogP contribution in [0.25, 0.3) is 0 Å². The second-order valence-electron chi connectivity index (χ2n) is 5.39. The lowest BCUT2D eigenvalue weighted by atomic mass is 10.1. The SMILES string of the molecule is CCCCCN(CC(C)C(=O)OC)C(=O)c1ccc(Br)cc1. The quantitative estimate of drug-likeness (QED) is 0.515. The van der Waals surface area contributed by atoms with Gasteiger partial charge in [0.15, 0.2) is 0 Å². The highest BCUT2D eigenvalue weighted by molar-refractivity contribution is 9.10. The van der Waals surface area contributed by atoms with Crippen LogP contribution in [0.5, 0.6) is 0 Å². The molecule has 0 saturated heterocycles. The molecule has 0 N–H and O–H groups in total. The summed E-state index contributed by atoms with van der Waals surface area (Å²) in [5.74, 6) is -0.658. The highest BCUT2D eigenvalue weighted by Crippen LogP contribution is 2.14. The van der Waals surface area contributed by atoms with E-state index >= 15 is 0 Å². The molecule has 4 nitrogen and oxygen atoms in total. The minimum Gasteiger partial charge on any atom is -0.469 e. The summed E-state index contributed by atoms with van der Waals surface area (Å²) >= 11 is 3.37. The Kier molecular flexibility index (Phi) is 8.17. The number of rotatable bonds is 8. The van der Waals surface area contributed by atoms with Gasteiger partial charge in [0.05, 0.1) is 13.0 Å². The van der Waals surface area contributed by atoms with Crippen molar-refractivity contribution in [3.05, 3.63) is 34.3 Å². The van der Waals surface area contributed by atoms with Gasteiger partial charge in [0.1, 0.15) is 0 Å². The number of carbonyl (C=O) groups is 2. The van der Waals surface area contributed by atoms with E-state index in [1.807, 2.05) is 12.1 Å². The zero-order chi connectivity index (χ0) is 16.5. The number of carbonyl (C=O) groups excluding carboxylic acids is 2. The average Bonchev–Trinajstić information content (AvgIpc) is 2.53. The molecule has 5 heteroatoms. The number of hydrogen-bond acceptors (Lipinski definition) is 3. The van der Waals surface area contributed by atoms with Gasteiger partial charge in [-0.05, 0) is 30.7 Å². The maximum Gasteiger partial charge on any atom is 0.310 e. The smallest absolute Gasteiger partial charge is 0.310 e. The highest BCUT2D eigenvalue weighted by atomic mass is 79.9. The number of esters is 1. The van der Waals surface area contributed by atoms with Gasteiger partial charge >= 0.3 is 5.97 Å². The molecule has 1 atom stereocenters. The predicted molar refractivity (Wildman–Crippen MR) is 90.8 cm³/mol. The standard InChI is InChI=1S/C17H24BrNO3/c1-4-5-6-11-19(12-13(2)17(21)22-3)16(20)14-7-9-15(18)10-8-14/h7-10,13H,4-6,11-12H2,1-3H3. The van der Waals surface area contributed by atoms with Crippen LogP contribution < -0.4 is 0 Å². The fraction of sp³-hybridized carbons (Fsp3) is 0.529. The first-order chi connectivity index (χ1) is 10.5. The van der Waals surface area contributed by atoms with Gasteiger partial charge in [-0.1, -0.05) is 42.6 Å². The second kappa shape index (κ2) is 9.62. The number of hydrogen-bond donors (Lipinski definition) is 0. The first kappa shape index (κ1) is 18.7. The van der Waals surface area contributed by atoms with Gasteiger partial charge in [-0.2, -0.15) is 0 Å². The third-order valence-corrected chi connectivity index (χ3v) is 4.04. The third kappa shape index (κ3) is 5.79. The molecule has 0 saturated carbocycles. The molecule has 1 rings (SSSR count). The van der Waals surface area contributed by atoms with E-state index in [0.717, 1.165) is 23.7 Å². The molecule has 0 aliphatic rings. The molecule has 0 aliphatic carbocycles. The number of benzene rings is 1. The van der Waals surface area contributed by atoms with Crippen molar-refractivity contribution in [2.45, 2.75) is 33.1 Å². The van der Waals surface area contributed by atoms with E-state index in [1.165, 1.54) is 7.11 Å². The molecule has 1 amide bonds. The number of unbranched alkanes of at least 4 members (excludes halogenated alkanes) is 2. The van der Waals surface area contributed by atoms with Gasteiger partial charge in [0.2, 0.25) is 0 Å². The van der Waals surface area contributed by atoms with E-state index in [2.05, 4.69) is 22.9 Å². The summed E-state index contributed by atoms with van der Waals surface area (Å²) in [6.07, 6.45) is 3.09. The molecule has 0 fully saturated rings. The lowest BCUT2D eigenvalue weighted by Crippen LogP contribution is -2.38. The van der Waals surface area contributed by atoms with Crippen molar-refractivity contribution in [1.82, 2.24) is 4.90 Å². The first-order valence-corrected chi connectivity index (χ1v) is 8.41. The molecule has 0 spiro atoms. The number of halogens is 1. The fourth-order valence-corrected chi connectivity index (χ4v) is 2.47. The minimum atomic E-state index is -0.328. The van der Waals surface area contributed by atoms with Crippen molar-refractivity contribution in [3.63, 3.8) is 0 Å². The predicted octanol–water partition coefficient (Wildman–Crippen LogP) is 3.89. The third-order valence-electron chi connectivity index (χ3n) is 3.51. The van der Waals surface area contributed by atoms with E-state index in [0.29, 0.717) is 18.7 Å². The van der Waals surface area contributed by atoms with Crippen LogP contribution in [0.2, 0.25) is 0 Å². The normalized spacial score (nSPS) is 11.8. The molecule has 1 aromatic rings. The Morgan fingerprint density at radius 3 is 2.41 bits per heavy atom. The Hall–Kier alpha value is -1.36. The minimum absolute atomic E-state index is 0.0423. The summed E-state index contributed by atoms with van der Waals surface area (Å²) in [5.41, 5.74) is 0.636. The molecule has 0 radical (unpaired) electrons. The number of methoxy groups -OCH3 is 1. The van der Waals surface area contributed by atoms with Crippen molar-refractivity contribution in [2.24, 2.45) is 5.92 Å². The Bertz CT molecular complexity index is 487. The molecule has 0 heterocycles. The molecular formula is C17H24BrNO3. The molecule has 0 bridgehead atoms. The largest absolute Gasteiger partial charge is 0.469 e. The highest BCUT2D eigenvalue weighted by Gasteiger charge is 2.22. The van der Waals surface area contributed by atoms with E-state index in [1.54, 1.807) is 24.0 Å². The zero-order valence-electron chi connectivity index (χ0n) is 13.5. The summed E-state index contributed by atoms with van der Waals surface area (Å²) < 4.78 is 5.69. The van der Waals surface area contributed by atoms with Crippen LogP contribution in [-0.2, 0) is 9.53 Å². The summed E-state index contributed by atoms with van der Waals surface area (Å²) in [6, 6.07) is 7.28. The van der Waals surface area contributed by atoms with Crippen molar-refractivity contribution in [2.75, 3.05) is 20.2 Å². The lowest BCUT2D eigenvalue weighted by molar-refractivity contribution is -0.145. The van der Waals surface area contributed by atoms with Crippen molar-refractivity contribution >= 4 is 27.8 Å². The Morgan fingerprint density at radius 2 is 1.86 bits per heavy atom. The summed E-state index contributed by atoms with van der Waals surface area (Å²) in [5, 5.41) is 0. The van der Waals surface area contributed by atoms with Crippen LogP contribution >= 0.6 is 15.9 Å². The summed E-state index contributed by atoms with van der Waals surface area (Å²) in [6.45, 7) is 4.95. The van der Waals surface area contributed by atoms with Crippen LogP contribution in [0.3, 0.4) is 0 Å². The Labute approximate surface area is 141 Å². The number of ether oxygens (including phenoxy) is 1. The maximum absolute atomic E-state index is 12.7. The van der Waals surface area contributed by atoms with Crippen molar-refractivity contribution < 1.29 is 14.3 Å².